The van der Waals surface area contributed by atoms with E-state index in [2.05, 4.69) is 11.1 Å². The van der Waals surface area contributed by atoms with Crippen molar-refractivity contribution in [3.8, 4) is 6.07 Å². The van der Waals surface area contributed by atoms with Gasteiger partial charge in [0.05, 0.1) is 23.6 Å². The molecule has 1 aromatic heterocycles. The first kappa shape index (κ1) is 29.5. The van der Waals surface area contributed by atoms with Crippen LogP contribution in [0, 0.1) is 11.3 Å². The van der Waals surface area contributed by atoms with Gasteiger partial charge in [-0.05, 0) is 71.1 Å². The van der Waals surface area contributed by atoms with Crippen LogP contribution in [0.25, 0.3) is 21.7 Å². The van der Waals surface area contributed by atoms with E-state index in [-0.39, 0.29) is 31.3 Å². The number of nitrogens with zero attached hydrogens (tertiary/aromatic N) is 4. The molecular formula is C37H33N5O3. The zero-order valence-electron chi connectivity index (χ0n) is 25.0. The van der Waals surface area contributed by atoms with Crippen molar-refractivity contribution in [3.63, 3.8) is 0 Å². The van der Waals surface area contributed by atoms with Crippen molar-refractivity contribution in [2.45, 2.75) is 44.3 Å². The van der Waals surface area contributed by atoms with Gasteiger partial charge < -0.3 is 15.5 Å². The molecule has 1 saturated heterocycles. The summed E-state index contributed by atoms with van der Waals surface area (Å²) >= 11 is 0. The number of rotatable bonds is 7. The number of nitriles is 1. The second kappa shape index (κ2) is 12.6. The second-order valence-electron chi connectivity index (χ2n) is 11.6. The molecule has 1 aliphatic heterocycles. The van der Waals surface area contributed by atoms with Crippen molar-refractivity contribution in [2.24, 2.45) is 5.73 Å². The molecule has 6 rings (SSSR count). The Morgan fingerprint density at radius 3 is 2.58 bits per heavy atom. The van der Waals surface area contributed by atoms with Crippen LogP contribution in [0.4, 0.5) is 0 Å². The van der Waals surface area contributed by atoms with E-state index < -0.39 is 23.9 Å². The molecule has 1 fully saturated rings. The highest BCUT2D eigenvalue weighted by Crippen LogP contribution is 2.33. The molecule has 0 radical (unpaired) electrons. The Kier molecular flexibility index (Phi) is 8.26. The molecule has 0 saturated carbocycles. The fourth-order valence-corrected chi connectivity index (χ4v) is 6.43. The van der Waals surface area contributed by atoms with Gasteiger partial charge in [-0.25, -0.2) is 0 Å². The van der Waals surface area contributed by atoms with Gasteiger partial charge in [-0.2, -0.15) is 5.26 Å². The molecule has 3 atom stereocenters. The molecule has 0 aliphatic carbocycles. The fraction of sp³-hybridized carbons (Fsp3) is 0.216. The summed E-state index contributed by atoms with van der Waals surface area (Å²) < 4.78 is 0. The number of benzene rings is 4. The molecule has 1 aliphatic rings. The molecule has 2 heterocycles. The minimum Gasteiger partial charge on any atom is -0.368 e. The predicted molar refractivity (Wildman–Crippen MR) is 173 cm³/mol. The third-order valence-electron chi connectivity index (χ3n) is 8.70. The summed E-state index contributed by atoms with van der Waals surface area (Å²) in [6.45, 7) is 2.17. The van der Waals surface area contributed by atoms with Crippen molar-refractivity contribution in [3.05, 3.63) is 126 Å². The first-order valence-electron chi connectivity index (χ1n) is 15.1. The Bertz CT molecular complexity index is 1960. The second-order valence-corrected chi connectivity index (χ2v) is 11.6. The molecule has 4 aromatic carbocycles. The molecule has 3 amide bonds. The largest absolute Gasteiger partial charge is 0.368 e. The highest BCUT2D eigenvalue weighted by atomic mass is 16.2. The topological polar surface area (TPSA) is 120 Å². The van der Waals surface area contributed by atoms with Crippen LogP contribution in [-0.2, 0) is 27.2 Å². The Labute approximate surface area is 261 Å². The highest BCUT2D eigenvalue weighted by Gasteiger charge is 2.43. The first-order valence-corrected chi connectivity index (χ1v) is 15.1. The molecular weight excluding hydrogens is 562 g/mol. The zero-order valence-corrected chi connectivity index (χ0v) is 25.0. The van der Waals surface area contributed by atoms with Crippen LogP contribution < -0.4 is 5.73 Å². The number of pyridine rings is 1. The lowest BCUT2D eigenvalue weighted by atomic mass is 9.96. The number of aromatic nitrogens is 1. The summed E-state index contributed by atoms with van der Waals surface area (Å²) in [5, 5.41) is 12.6. The maximum absolute atomic E-state index is 14.7. The maximum Gasteiger partial charge on any atom is 0.250 e. The summed E-state index contributed by atoms with van der Waals surface area (Å²) in [7, 11) is 0. The Morgan fingerprint density at radius 2 is 1.76 bits per heavy atom. The Morgan fingerprint density at radius 1 is 0.978 bits per heavy atom. The monoisotopic (exact) mass is 595 g/mol. The first-order chi connectivity index (χ1) is 21.8. The van der Waals surface area contributed by atoms with Crippen LogP contribution in [0.3, 0.4) is 0 Å². The number of carbonyl (C=O) groups excluding carboxylic acids is 3. The number of primary amides is 1. The minimum absolute atomic E-state index is 0.0755. The van der Waals surface area contributed by atoms with Crippen molar-refractivity contribution < 1.29 is 14.4 Å². The average molecular weight is 596 g/mol. The van der Waals surface area contributed by atoms with Gasteiger partial charge >= 0.3 is 0 Å². The van der Waals surface area contributed by atoms with Gasteiger partial charge in [0.25, 0.3) is 5.91 Å². The van der Waals surface area contributed by atoms with E-state index in [0.717, 1.165) is 32.8 Å². The lowest BCUT2D eigenvalue weighted by Gasteiger charge is -2.36. The molecule has 5 aromatic rings. The van der Waals surface area contributed by atoms with Gasteiger partial charge in [-0.15, -0.1) is 0 Å². The Hall–Kier alpha value is -5.55. The summed E-state index contributed by atoms with van der Waals surface area (Å²) in [5.74, 6) is -1.23. The van der Waals surface area contributed by atoms with Crippen LogP contribution in [-0.4, -0.2) is 51.1 Å². The van der Waals surface area contributed by atoms with Gasteiger partial charge in [-0.3, -0.25) is 19.4 Å². The predicted octanol–water partition coefficient (Wildman–Crippen LogP) is 5.09. The lowest BCUT2D eigenvalue weighted by Crippen LogP contribution is -2.52. The van der Waals surface area contributed by atoms with Crippen LogP contribution >= 0.6 is 0 Å². The number of nitrogens with two attached hydrogens (primary N) is 1. The van der Waals surface area contributed by atoms with Gasteiger partial charge in [0.15, 0.2) is 0 Å². The van der Waals surface area contributed by atoms with Crippen LogP contribution in [0.15, 0.2) is 103 Å². The van der Waals surface area contributed by atoms with Gasteiger partial charge in [-0.1, -0.05) is 66.7 Å². The third-order valence-corrected chi connectivity index (χ3v) is 8.70. The number of amides is 3. The summed E-state index contributed by atoms with van der Waals surface area (Å²) in [5.41, 5.74) is 9.45. The molecule has 2 N–H and O–H groups in total. The minimum atomic E-state index is -1.04. The van der Waals surface area contributed by atoms with E-state index in [1.165, 1.54) is 0 Å². The molecule has 0 bridgehead atoms. The molecule has 224 valence electrons. The molecule has 8 nitrogen and oxygen atoms in total. The van der Waals surface area contributed by atoms with Gasteiger partial charge in [0, 0.05) is 30.6 Å². The average Bonchev–Trinajstić information content (AvgIpc) is 3.18. The molecule has 0 spiro atoms. The summed E-state index contributed by atoms with van der Waals surface area (Å²) in [6, 6.07) is 29.9. The fourth-order valence-electron chi connectivity index (χ4n) is 6.43. The van der Waals surface area contributed by atoms with Crippen LogP contribution in [0.5, 0.6) is 0 Å². The lowest BCUT2D eigenvalue weighted by molar-refractivity contribution is -0.148. The number of carbonyl (C=O) groups is 3. The van der Waals surface area contributed by atoms with E-state index in [9.17, 15) is 19.6 Å². The highest BCUT2D eigenvalue weighted by molar-refractivity contribution is 5.94. The molecule has 1 unspecified atom stereocenters. The SMILES string of the molecule is C[C@@H]1CCN(C(Cc2cccc3ccccc23)C(N)=O)C(=O)[C@H](c2cccc(C#N)c2)N1C(=O)Cc1ccc2ncccc2c1. The summed E-state index contributed by atoms with van der Waals surface area (Å²) in [6.07, 6.45) is 2.49. The van der Waals surface area contributed by atoms with Gasteiger partial charge in [0.1, 0.15) is 12.1 Å². The quantitative estimate of drug-likeness (QED) is 0.281. The van der Waals surface area contributed by atoms with E-state index in [1.807, 2.05) is 79.7 Å². The van der Waals surface area contributed by atoms with E-state index in [1.54, 1.807) is 40.3 Å². The molecule has 45 heavy (non-hydrogen) atoms. The zero-order chi connectivity index (χ0) is 31.5. The number of hydrogen-bond donors (Lipinski definition) is 1. The number of fused-ring (bicyclic) bond motifs is 2. The summed E-state index contributed by atoms with van der Waals surface area (Å²) in [4.78, 5) is 49.5. The van der Waals surface area contributed by atoms with Crippen molar-refractivity contribution >= 4 is 39.4 Å². The van der Waals surface area contributed by atoms with E-state index in [0.29, 0.717) is 17.5 Å². The van der Waals surface area contributed by atoms with Crippen molar-refractivity contribution in [2.75, 3.05) is 6.54 Å². The molecule has 8 heteroatoms. The Balaban J connectivity index is 1.39. The standard InChI is InChI=1S/C37H33N5O3/c1-24-16-18-41(33(36(39)44)22-28-10-5-9-27-8-2-3-13-31(27)28)37(45)35(30-11-4-7-26(20-30)23-38)42(24)34(43)21-25-14-15-32-29(19-25)12-6-17-40-32/h2-15,17,19-20,24,33,35H,16,18,21-22H2,1H3,(H2,39,44)/t24-,33?,35+/m1/s1. The van der Waals surface area contributed by atoms with Crippen molar-refractivity contribution in [1.29, 1.82) is 5.26 Å². The number of hydrogen-bond acceptors (Lipinski definition) is 5. The van der Waals surface area contributed by atoms with Gasteiger partial charge in [0.2, 0.25) is 11.8 Å². The van der Waals surface area contributed by atoms with E-state index in [4.69, 9.17) is 5.73 Å². The van der Waals surface area contributed by atoms with E-state index >= 15 is 0 Å². The van der Waals surface area contributed by atoms with Crippen LogP contribution in [0.2, 0.25) is 0 Å². The van der Waals surface area contributed by atoms with Crippen LogP contribution in [0.1, 0.15) is 41.6 Å². The van der Waals surface area contributed by atoms with Crippen molar-refractivity contribution in [1.82, 2.24) is 14.8 Å². The third kappa shape index (κ3) is 5.98. The maximum atomic E-state index is 14.7. The normalized spacial score (nSPS) is 17.6. The smallest absolute Gasteiger partial charge is 0.250 e.